The number of carbonyl (C=O) groups excluding carboxylic acids is 2. The first-order valence-corrected chi connectivity index (χ1v) is 10.4. The fourth-order valence-electron chi connectivity index (χ4n) is 3.25. The molecule has 0 aliphatic heterocycles. The van der Waals surface area contributed by atoms with Crippen LogP contribution in [-0.2, 0) is 9.59 Å². The molecule has 1 fully saturated rings. The number of amides is 2. The van der Waals surface area contributed by atoms with E-state index >= 15 is 0 Å². The van der Waals surface area contributed by atoms with Crippen LogP contribution in [0.25, 0.3) is 0 Å². The Morgan fingerprint density at radius 1 is 1.00 bits per heavy atom. The summed E-state index contributed by atoms with van der Waals surface area (Å²) < 4.78 is 0. The van der Waals surface area contributed by atoms with Gasteiger partial charge in [0.2, 0.25) is 11.8 Å². The normalized spacial score (nSPS) is 15.9. The van der Waals surface area contributed by atoms with E-state index < -0.39 is 0 Å². The maximum absolute atomic E-state index is 12.1. The molecule has 0 spiro atoms. The van der Waals surface area contributed by atoms with Crippen LogP contribution in [-0.4, -0.2) is 29.4 Å². The van der Waals surface area contributed by atoms with E-state index in [2.05, 4.69) is 10.6 Å². The average molecular weight is 363 g/mol. The first kappa shape index (κ1) is 19.8. The standard InChI is InChI=1S/C20H30N2O2S/c1-15-10-11-18(16(2)12-15)22-20(24)14-25-13-19(23)21-17-8-6-4-3-5-7-9-17/h10-12,17H,3-9,13-14H2,1-2H3,(H,21,23)(H,22,24). The lowest BCUT2D eigenvalue weighted by atomic mass is 9.97. The molecule has 0 saturated heterocycles. The van der Waals surface area contributed by atoms with Crippen molar-refractivity contribution in [1.82, 2.24) is 5.32 Å². The van der Waals surface area contributed by atoms with Crippen LogP contribution in [0.1, 0.15) is 56.1 Å². The van der Waals surface area contributed by atoms with Crippen LogP contribution in [0.2, 0.25) is 0 Å². The molecule has 2 rings (SSSR count). The third-order valence-electron chi connectivity index (χ3n) is 4.59. The Hall–Kier alpha value is -1.49. The number of hydrogen-bond acceptors (Lipinski definition) is 3. The molecule has 0 bridgehead atoms. The smallest absolute Gasteiger partial charge is 0.234 e. The summed E-state index contributed by atoms with van der Waals surface area (Å²) in [7, 11) is 0. The Balaban J connectivity index is 1.66. The van der Waals surface area contributed by atoms with E-state index in [1.807, 2.05) is 32.0 Å². The Morgan fingerprint density at radius 2 is 1.64 bits per heavy atom. The summed E-state index contributed by atoms with van der Waals surface area (Å²) in [6, 6.07) is 6.27. The van der Waals surface area contributed by atoms with Crippen molar-refractivity contribution in [1.29, 1.82) is 0 Å². The lowest BCUT2D eigenvalue weighted by molar-refractivity contribution is -0.119. The van der Waals surface area contributed by atoms with Gasteiger partial charge in [-0.1, -0.05) is 49.8 Å². The molecule has 138 valence electrons. The molecule has 2 amide bonds. The molecule has 5 heteroatoms. The highest BCUT2D eigenvalue weighted by Crippen LogP contribution is 2.18. The SMILES string of the molecule is Cc1ccc(NC(=O)CSCC(=O)NC2CCCCCCC2)c(C)c1. The minimum Gasteiger partial charge on any atom is -0.353 e. The first-order valence-electron chi connectivity index (χ1n) is 9.29. The van der Waals surface area contributed by atoms with Crippen LogP contribution in [0.5, 0.6) is 0 Å². The van der Waals surface area contributed by atoms with E-state index in [0.29, 0.717) is 17.5 Å². The molecule has 1 saturated carbocycles. The second kappa shape index (κ2) is 10.5. The molecule has 0 atom stereocenters. The van der Waals surface area contributed by atoms with Crippen LogP contribution in [0, 0.1) is 13.8 Å². The molecule has 1 aromatic carbocycles. The highest BCUT2D eigenvalue weighted by atomic mass is 32.2. The Morgan fingerprint density at radius 3 is 2.32 bits per heavy atom. The summed E-state index contributed by atoms with van der Waals surface area (Å²) in [5.74, 6) is 0.632. The molecule has 1 aromatic rings. The number of aryl methyl sites for hydroxylation is 2. The summed E-state index contributed by atoms with van der Waals surface area (Å²) in [4.78, 5) is 24.1. The van der Waals surface area contributed by atoms with E-state index in [-0.39, 0.29) is 11.8 Å². The highest BCUT2D eigenvalue weighted by molar-refractivity contribution is 8.00. The quantitative estimate of drug-likeness (QED) is 0.797. The highest BCUT2D eigenvalue weighted by Gasteiger charge is 2.14. The molecule has 0 heterocycles. The average Bonchev–Trinajstić information content (AvgIpc) is 2.52. The number of nitrogens with one attached hydrogen (secondary N) is 2. The van der Waals surface area contributed by atoms with Crippen molar-refractivity contribution in [2.45, 2.75) is 64.8 Å². The van der Waals surface area contributed by atoms with E-state index in [4.69, 9.17) is 0 Å². The summed E-state index contributed by atoms with van der Waals surface area (Å²) in [6.45, 7) is 4.02. The molecular formula is C20H30N2O2S. The van der Waals surface area contributed by atoms with Gasteiger partial charge in [0.25, 0.3) is 0 Å². The van der Waals surface area contributed by atoms with Gasteiger partial charge in [-0.25, -0.2) is 0 Å². The van der Waals surface area contributed by atoms with Gasteiger partial charge in [0.05, 0.1) is 11.5 Å². The zero-order chi connectivity index (χ0) is 18.1. The molecule has 0 aromatic heterocycles. The topological polar surface area (TPSA) is 58.2 Å². The van der Waals surface area contributed by atoms with Crippen LogP contribution in [0.3, 0.4) is 0 Å². The number of thioether (sulfide) groups is 1. The molecule has 1 aliphatic rings. The van der Waals surface area contributed by atoms with Crippen molar-refractivity contribution in [3.63, 3.8) is 0 Å². The van der Waals surface area contributed by atoms with E-state index in [9.17, 15) is 9.59 Å². The summed E-state index contributed by atoms with van der Waals surface area (Å²) in [5.41, 5.74) is 3.08. The van der Waals surface area contributed by atoms with Gasteiger partial charge in [-0.3, -0.25) is 9.59 Å². The van der Waals surface area contributed by atoms with E-state index in [1.54, 1.807) is 0 Å². The maximum atomic E-state index is 12.1. The van der Waals surface area contributed by atoms with Crippen LogP contribution >= 0.6 is 11.8 Å². The first-order chi connectivity index (χ1) is 12.0. The maximum Gasteiger partial charge on any atom is 0.234 e. The largest absolute Gasteiger partial charge is 0.353 e. The molecule has 0 unspecified atom stereocenters. The minimum absolute atomic E-state index is 0.0508. The second-order valence-corrected chi connectivity index (χ2v) is 7.95. The van der Waals surface area contributed by atoms with Crippen molar-refractivity contribution in [2.24, 2.45) is 0 Å². The van der Waals surface area contributed by atoms with Gasteiger partial charge >= 0.3 is 0 Å². The number of benzene rings is 1. The number of carbonyl (C=O) groups is 2. The van der Waals surface area contributed by atoms with Crippen LogP contribution in [0.4, 0.5) is 5.69 Å². The third kappa shape index (κ3) is 7.51. The molecular weight excluding hydrogens is 332 g/mol. The van der Waals surface area contributed by atoms with Crippen molar-refractivity contribution in [3.8, 4) is 0 Å². The lowest BCUT2D eigenvalue weighted by Crippen LogP contribution is -2.36. The van der Waals surface area contributed by atoms with Crippen molar-refractivity contribution >= 4 is 29.3 Å². The van der Waals surface area contributed by atoms with Crippen molar-refractivity contribution in [2.75, 3.05) is 16.8 Å². The number of anilines is 1. The summed E-state index contributed by atoms with van der Waals surface area (Å²) >= 11 is 1.37. The van der Waals surface area contributed by atoms with Crippen molar-refractivity contribution < 1.29 is 9.59 Å². The van der Waals surface area contributed by atoms with Crippen LogP contribution in [0.15, 0.2) is 18.2 Å². The Bertz CT molecular complexity index is 581. The minimum atomic E-state index is -0.0595. The van der Waals surface area contributed by atoms with Gasteiger partial charge in [0.15, 0.2) is 0 Å². The second-order valence-electron chi connectivity index (χ2n) is 6.97. The van der Waals surface area contributed by atoms with E-state index in [1.165, 1.54) is 49.4 Å². The number of hydrogen-bond donors (Lipinski definition) is 2. The van der Waals surface area contributed by atoms with Gasteiger partial charge in [-0.2, -0.15) is 0 Å². The molecule has 0 radical (unpaired) electrons. The third-order valence-corrected chi connectivity index (χ3v) is 5.53. The fourth-order valence-corrected chi connectivity index (χ4v) is 3.87. The van der Waals surface area contributed by atoms with Gasteiger partial charge in [0.1, 0.15) is 0 Å². The Kier molecular flexibility index (Phi) is 8.32. The summed E-state index contributed by atoms with van der Waals surface area (Å²) in [6.07, 6.45) is 8.46. The van der Waals surface area contributed by atoms with Crippen molar-refractivity contribution in [3.05, 3.63) is 29.3 Å². The summed E-state index contributed by atoms with van der Waals surface area (Å²) in [5, 5.41) is 6.05. The molecule has 1 aliphatic carbocycles. The lowest BCUT2D eigenvalue weighted by Gasteiger charge is -2.20. The van der Waals surface area contributed by atoms with Gasteiger partial charge in [-0.15, -0.1) is 11.8 Å². The Labute approximate surface area is 155 Å². The predicted octanol–water partition coefficient (Wildman–Crippen LogP) is 4.20. The van der Waals surface area contributed by atoms with Gasteiger partial charge < -0.3 is 10.6 Å². The van der Waals surface area contributed by atoms with E-state index in [0.717, 1.165) is 24.1 Å². The molecule has 4 nitrogen and oxygen atoms in total. The fraction of sp³-hybridized carbons (Fsp3) is 0.600. The zero-order valence-corrected chi connectivity index (χ0v) is 16.2. The zero-order valence-electron chi connectivity index (χ0n) is 15.4. The molecule has 25 heavy (non-hydrogen) atoms. The predicted molar refractivity (Wildman–Crippen MR) is 106 cm³/mol. The van der Waals surface area contributed by atoms with Gasteiger partial charge in [0, 0.05) is 11.7 Å². The molecule has 2 N–H and O–H groups in total. The van der Waals surface area contributed by atoms with Crippen LogP contribution < -0.4 is 10.6 Å². The van der Waals surface area contributed by atoms with Gasteiger partial charge in [-0.05, 0) is 38.3 Å². The number of rotatable bonds is 6. The monoisotopic (exact) mass is 362 g/mol.